The Morgan fingerprint density at radius 1 is 1.26 bits per heavy atom. The first-order chi connectivity index (χ1) is 9.08. The van der Waals surface area contributed by atoms with Crippen LogP contribution in [0.25, 0.3) is 0 Å². The molecule has 0 saturated carbocycles. The third kappa shape index (κ3) is 3.10. The molecule has 2 aromatic carbocycles. The van der Waals surface area contributed by atoms with Gasteiger partial charge in [0, 0.05) is 11.3 Å². The Morgan fingerprint density at radius 3 is 2.68 bits per heavy atom. The molecular formula is C15H14FNO2. The predicted octanol–water partition coefficient (Wildman–Crippen LogP) is 3.19. The van der Waals surface area contributed by atoms with E-state index < -0.39 is 0 Å². The first-order valence-corrected chi connectivity index (χ1v) is 5.84. The molecule has 3 nitrogen and oxygen atoms in total. The molecule has 0 fully saturated rings. The van der Waals surface area contributed by atoms with E-state index in [0.717, 1.165) is 0 Å². The monoisotopic (exact) mass is 259 g/mol. The third-order valence-corrected chi connectivity index (χ3v) is 2.72. The highest BCUT2D eigenvalue weighted by Crippen LogP contribution is 2.23. The van der Waals surface area contributed by atoms with Gasteiger partial charge in [0.1, 0.15) is 18.2 Å². The molecule has 2 rings (SSSR count). The van der Waals surface area contributed by atoms with Crippen LogP contribution in [0.3, 0.4) is 0 Å². The number of hydrogen-bond acceptors (Lipinski definition) is 3. The normalized spacial score (nSPS) is 10.2. The van der Waals surface area contributed by atoms with Crippen LogP contribution >= 0.6 is 0 Å². The summed E-state index contributed by atoms with van der Waals surface area (Å²) in [6.07, 6.45) is 0. The molecule has 4 heteroatoms. The van der Waals surface area contributed by atoms with Crippen LogP contribution in [-0.4, -0.2) is 5.78 Å². The van der Waals surface area contributed by atoms with Gasteiger partial charge in [0.2, 0.25) is 0 Å². The lowest BCUT2D eigenvalue weighted by Crippen LogP contribution is -2.03. The van der Waals surface area contributed by atoms with Gasteiger partial charge in [-0.3, -0.25) is 4.79 Å². The van der Waals surface area contributed by atoms with Crippen molar-refractivity contribution in [1.82, 2.24) is 0 Å². The van der Waals surface area contributed by atoms with Crippen molar-refractivity contribution in [3.63, 3.8) is 0 Å². The van der Waals surface area contributed by atoms with Gasteiger partial charge in [0.05, 0.1) is 5.56 Å². The molecule has 0 aliphatic carbocycles. The molecule has 0 spiro atoms. The van der Waals surface area contributed by atoms with Crippen LogP contribution in [0.1, 0.15) is 22.8 Å². The standard InChI is InChI=1S/C15H14FNO2/c1-10(18)13-8-12(17)6-7-15(13)19-9-11-4-2-3-5-14(11)16/h2-8H,9,17H2,1H3. The van der Waals surface area contributed by atoms with Gasteiger partial charge < -0.3 is 10.5 Å². The number of nitrogens with two attached hydrogens (primary N) is 1. The Hall–Kier alpha value is -2.36. The average Bonchev–Trinajstić information content (AvgIpc) is 2.38. The molecule has 0 amide bonds. The number of Topliss-reactive ketones (excluding diaryl/α,β-unsaturated/α-hetero) is 1. The lowest BCUT2D eigenvalue weighted by molar-refractivity contribution is 0.101. The summed E-state index contributed by atoms with van der Waals surface area (Å²) in [5.74, 6) is -0.0666. The quantitative estimate of drug-likeness (QED) is 0.677. The van der Waals surface area contributed by atoms with Gasteiger partial charge >= 0.3 is 0 Å². The number of rotatable bonds is 4. The number of carbonyl (C=O) groups is 1. The average molecular weight is 259 g/mol. The van der Waals surface area contributed by atoms with E-state index in [4.69, 9.17) is 10.5 Å². The Kier molecular flexibility index (Phi) is 3.80. The highest BCUT2D eigenvalue weighted by atomic mass is 19.1. The SMILES string of the molecule is CC(=O)c1cc(N)ccc1OCc1ccccc1F. The van der Waals surface area contributed by atoms with Crippen LogP contribution in [0.4, 0.5) is 10.1 Å². The summed E-state index contributed by atoms with van der Waals surface area (Å²) in [5, 5.41) is 0. The first kappa shape index (κ1) is 13.1. The summed E-state index contributed by atoms with van der Waals surface area (Å²) >= 11 is 0. The largest absolute Gasteiger partial charge is 0.488 e. The Bertz CT molecular complexity index is 611. The van der Waals surface area contributed by atoms with Gasteiger partial charge in [-0.25, -0.2) is 4.39 Å². The molecule has 0 aliphatic rings. The van der Waals surface area contributed by atoms with Crippen molar-refractivity contribution in [3.05, 3.63) is 59.4 Å². The first-order valence-electron chi connectivity index (χ1n) is 5.84. The number of carbonyl (C=O) groups excluding carboxylic acids is 1. The van der Waals surface area contributed by atoms with Crippen molar-refractivity contribution in [2.24, 2.45) is 0 Å². The highest BCUT2D eigenvalue weighted by molar-refractivity contribution is 5.97. The molecule has 98 valence electrons. The third-order valence-electron chi connectivity index (χ3n) is 2.72. The van der Waals surface area contributed by atoms with E-state index in [1.165, 1.54) is 13.0 Å². The number of nitrogen functional groups attached to an aromatic ring is 1. The number of benzene rings is 2. The summed E-state index contributed by atoms with van der Waals surface area (Å²) in [4.78, 5) is 11.5. The van der Waals surface area contributed by atoms with Crippen LogP contribution in [-0.2, 0) is 6.61 Å². The fourth-order valence-corrected chi connectivity index (χ4v) is 1.72. The van der Waals surface area contributed by atoms with Gasteiger partial charge in [-0.15, -0.1) is 0 Å². The number of hydrogen-bond donors (Lipinski definition) is 1. The summed E-state index contributed by atoms with van der Waals surface area (Å²) in [7, 11) is 0. The van der Waals surface area contributed by atoms with Gasteiger partial charge in [-0.2, -0.15) is 0 Å². The summed E-state index contributed by atoms with van der Waals surface area (Å²) in [6, 6.07) is 11.2. The molecule has 0 heterocycles. The molecule has 0 unspecified atom stereocenters. The van der Waals surface area contributed by atoms with Crippen LogP contribution in [0.2, 0.25) is 0 Å². The number of ketones is 1. The van der Waals surface area contributed by atoms with Gasteiger partial charge in [0.15, 0.2) is 5.78 Å². The molecule has 0 aromatic heterocycles. The van der Waals surface area contributed by atoms with E-state index in [-0.39, 0.29) is 18.2 Å². The molecular weight excluding hydrogens is 245 g/mol. The Labute approximate surface area is 110 Å². The zero-order valence-corrected chi connectivity index (χ0v) is 10.5. The zero-order valence-electron chi connectivity index (χ0n) is 10.5. The fourth-order valence-electron chi connectivity index (χ4n) is 1.72. The van der Waals surface area contributed by atoms with Crippen LogP contribution in [0.5, 0.6) is 5.75 Å². The molecule has 19 heavy (non-hydrogen) atoms. The summed E-state index contributed by atoms with van der Waals surface area (Å²) in [5.41, 5.74) is 6.96. The van der Waals surface area contributed by atoms with E-state index in [0.29, 0.717) is 22.6 Å². The maximum Gasteiger partial charge on any atom is 0.163 e. The fraction of sp³-hybridized carbons (Fsp3) is 0.133. The molecule has 0 bridgehead atoms. The summed E-state index contributed by atoms with van der Waals surface area (Å²) in [6.45, 7) is 1.50. The second-order valence-electron chi connectivity index (χ2n) is 4.19. The number of halogens is 1. The van der Waals surface area contributed by atoms with Gasteiger partial charge in [-0.05, 0) is 31.2 Å². The molecule has 0 saturated heterocycles. The van der Waals surface area contributed by atoms with Crippen molar-refractivity contribution < 1.29 is 13.9 Å². The van der Waals surface area contributed by atoms with Gasteiger partial charge in [0.25, 0.3) is 0 Å². The zero-order chi connectivity index (χ0) is 13.8. The highest BCUT2D eigenvalue weighted by Gasteiger charge is 2.10. The van der Waals surface area contributed by atoms with E-state index in [9.17, 15) is 9.18 Å². The maximum atomic E-state index is 13.4. The number of anilines is 1. The van der Waals surface area contributed by atoms with Crippen LogP contribution in [0.15, 0.2) is 42.5 Å². The van der Waals surface area contributed by atoms with Gasteiger partial charge in [-0.1, -0.05) is 18.2 Å². The lowest BCUT2D eigenvalue weighted by atomic mass is 10.1. The summed E-state index contributed by atoms with van der Waals surface area (Å²) < 4.78 is 19.0. The second kappa shape index (κ2) is 5.52. The second-order valence-corrected chi connectivity index (χ2v) is 4.19. The lowest BCUT2D eigenvalue weighted by Gasteiger charge is -2.11. The van der Waals surface area contributed by atoms with E-state index in [1.807, 2.05) is 0 Å². The van der Waals surface area contributed by atoms with Crippen molar-refractivity contribution in [2.75, 3.05) is 5.73 Å². The topological polar surface area (TPSA) is 52.3 Å². The van der Waals surface area contributed by atoms with E-state index in [2.05, 4.69) is 0 Å². The molecule has 0 aliphatic heterocycles. The minimum Gasteiger partial charge on any atom is -0.488 e. The predicted molar refractivity (Wildman–Crippen MR) is 71.6 cm³/mol. The Balaban J connectivity index is 2.20. The number of ether oxygens (including phenoxy) is 1. The van der Waals surface area contributed by atoms with Crippen molar-refractivity contribution in [1.29, 1.82) is 0 Å². The van der Waals surface area contributed by atoms with Crippen molar-refractivity contribution >= 4 is 11.5 Å². The Morgan fingerprint density at radius 2 is 2.00 bits per heavy atom. The minimum atomic E-state index is -0.331. The molecule has 2 N–H and O–H groups in total. The van der Waals surface area contributed by atoms with E-state index in [1.54, 1.807) is 36.4 Å². The maximum absolute atomic E-state index is 13.4. The van der Waals surface area contributed by atoms with Crippen molar-refractivity contribution in [2.45, 2.75) is 13.5 Å². The van der Waals surface area contributed by atoms with Crippen LogP contribution < -0.4 is 10.5 Å². The molecule has 0 radical (unpaired) electrons. The van der Waals surface area contributed by atoms with Crippen molar-refractivity contribution in [3.8, 4) is 5.75 Å². The molecule has 2 aromatic rings. The molecule has 0 atom stereocenters. The minimum absolute atomic E-state index is 0.0663. The van der Waals surface area contributed by atoms with E-state index >= 15 is 0 Å². The smallest absolute Gasteiger partial charge is 0.163 e. The van der Waals surface area contributed by atoms with Crippen LogP contribution in [0, 0.1) is 5.82 Å².